The monoisotopic (exact) mass is 334 g/mol. The van der Waals surface area contributed by atoms with Crippen molar-refractivity contribution < 1.29 is 0 Å². The van der Waals surface area contributed by atoms with E-state index in [4.69, 9.17) is 0 Å². The van der Waals surface area contributed by atoms with Crippen LogP contribution in [0.25, 0.3) is 0 Å². The van der Waals surface area contributed by atoms with Gasteiger partial charge < -0.3 is 9.80 Å². The Bertz CT molecular complexity index is 452. The van der Waals surface area contributed by atoms with Crippen molar-refractivity contribution >= 4 is 0 Å². The molecule has 0 aromatic carbocycles. The number of allylic oxidation sites excluding steroid dienone is 4. The number of rotatable bonds is 9. The van der Waals surface area contributed by atoms with Crippen LogP contribution in [0.3, 0.4) is 0 Å². The largest absolute Gasteiger partial charge is 0.309 e. The van der Waals surface area contributed by atoms with Crippen LogP contribution in [0.2, 0.25) is 0 Å². The third-order valence-electron chi connectivity index (χ3n) is 5.36. The highest BCUT2D eigenvalue weighted by Crippen LogP contribution is 2.53. The number of nitrogens with zero attached hydrogens (tertiary/aromatic N) is 2. The highest BCUT2D eigenvalue weighted by Gasteiger charge is 2.41. The van der Waals surface area contributed by atoms with E-state index in [0.29, 0.717) is 17.8 Å². The van der Waals surface area contributed by atoms with Gasteiger partial charge in [0.05, 0.1) is 0 Å². The minimum absolute atomic E-state index is 0.238. The minimum Gasteiger partial charge on any atom is -0.309 e. The van der Waals surface area contributed by atoms with Crippen molar-refractivity contribution in [2.45, 2.75) is 54.4 Å². The zero-order valence-electron chi connectivity index (χ0n) is 18.0. The maximum Gasteiger partial charge on any atom is 0.0130 e. The molecule has 0 saturated heterocycles. The van der Waals surface area contributed by atoms with Crippen LogP contribution in [0, 0.1) is 23.2 Å². The Kier molecular flexibility index (Phi) is 7.75. The molecule has 0 bridgehead atoms. The molecular weight excluding hydrogens is 292 g/mol. The third kappa shape index (κ3) is 4.95. The summed E-state index contributed by atoms with van der Waals surface area (Å²) >= 11 is 0. The lowest BCUT2D eigenvalue weighted by atomic mass is 9.71. The minimum atomic E-state index is 0.238. The quantitative estimate of drug-likeness (QED) is 0.580. The van der Waals surface area contributed by atoms with E-state index in [1.54, 1.807) is 16.7 Å². The Morgan fingerprint density at radius 1 is 0.750 bits per heavy atom. The Balaban J connectivity index is 3.44. The Morgan fingerprint density at radius 3 is 1.50 bits per heavy atom. The maximum atomic E-state index is 2.68. The van der Waals surface area contributed by atoms with Crippen LogP contribution in [0.4, 0.5) is 0 Å². The molecule has 0 spiro atoms. The molecule has 0 aromatic heterocycles. The summed E-state index contributed by atoms with van der Waals surface area (Å²) in [5.74, 6) is 1.83. The molecule has 0 radical (unpaired) electrons. The van der Waals surface area contributed by atoms with Gasteiger partial charge in [0.15, 0.2) is 0 Å². The third-order valence-corrected chi connectivity index (χ3v) is 5.36. The second-order valence-corrected chi connectivity index (χ2v) is 9.15. The van der Waals surface area contributed by atoms with Crippen LogP contribution >= 0.6 is 0 Å². The summed E-state index contributed by atoms with van der Waals surface area (Å²) in [4.78, 5) is 4.68. The lowest BCUT2D eigenvalue weighted by Gasteiger charge is -2.36. The zero-order chi connectivity index (χ0) is 18.7. The summed E-state index contributed by atoms with van der Waals surface area (Å²) in [6.07, 6.45) is 5.14. The molecule has 1 rings (SSSR count). The van der Waals surface area contributed by atoms with Gasteiger partial charge in [0, 0.05) is 5.41 Å². The van der Waals surface area contributed by atoms with Crippen LogP contribution in [-0.4, -0.2) is 51.1 Å². The Labute approximate surface area is 152 Å². The van der Waals surface area contributed by atoms with Crippen molar-refractivity contribution in [1.29, 1.82) is 0 Å². The van der Waals surface area contributed by atoms with Crippen molar-refractivity contribution in [3.05, 3.63) is 22.8 Å². The smallest absolute Gasteiger partial charge is 0.0130 e. The van der Waals surface area contributed by atoms with Crippen molar-refractivity contribution in [3.63, 3.8) is 0 Å². The van der Waals surface area contributed by atoms with Gasteiger partial charge in [0.25, 0.3) is 0 Å². The van der Waals surface area contributed by atoms with Crippen molar-refractivity contribution in [1.82, 2.24) is 9.80 Å². The summed E-state index contributed by atoms with van der Waals surface area (Å²) < 4.78 is 0. The molecule has 0 aromatic rings. The topological polar surface area (TPSA) is 6.48 Å². The van der Waals surface area contributed by atoms with Gasteiger partial charge in [-0.3, -0.25) is 0 Å². The molecule has 0 N–H and O–H groups in total. The van der Waals surface area contributed by atoms with E-state index >= 15 is 0 Å². The predicted octanol–water partition coefficient (Wildman–Crippen LogP) is 5.08. The highest BCUT2D eigenvalue weighted by atomic mass is 15.1. The highest BCUT2D eigenvalue weighted by molar-refractivity contribution is 5.51. The van der Waals surface area contributed by atoms with Gasteiger partial charge in [-0.15, -0.1) is 0 Å². The molecule has 2 nitrogen and oxygen atoms in total. The lowest BCUT2D eigenvalue weighted by Crippen LogP contribution is -2.31. The number of hydrogen-bond donors (Lipinski definition) is 0. The molecule has 0 unspecified atom stereocenters. The van der Waals surface area contributed by atoms with E-state index < -0.39 is 0 Å². The summed E-state index contributed by atoms with van der Waals surface area (Å²) in [6, 6.07) is 0. The van der Waals surface area contributed by atoms with E-state index in [2.05, 4.69) is 85.6 Å². The molecule has 2 heteroatoms. The summed E-state index contributed by atoms with van der Waals surface area (Å²) in [7, 11) is 8.79. The first-order chi connectivity index (χ1) is 11.0. The molecule has 0 atom stereocenters. The molecule has 0 saturated carbocycles. The second kappa shape index (κ2) is 8.67. The van der Waals surface area contributed by atoms with Crippen LogP contribution in [0.1, 0.15) is 54.4 Å². The van der Waals surface area contributed by atoms with Crippen LogP contribution in [0.15, 0.2) is 22.8 Å². The molecule has 24 heavy (non-hydrogen) atoms. The van der Waals surface area contributed by atoms with E-state index in [1.165, 1.54) is 12.8 Å². The molecular formula is C22H42N2. The van der Waals surface area contributed by atoms with Gasteiger partial charge in [-0.25, -0.2) is 0 Å². The van der Waals surface area contributed by atoms with Gasteiger partial charge in [0.1, 0.15) is 0 Å². The standard InChI is InChI=1S/C22H42N2/c1-16(2)19-15-22(11-13-23(7)8,12-14-24(9)10)21(18(5)6)20(19)17(3)4/h15-18H,11-14H2,1-10H3. The summed E-state index contributed by atoms with van der Waals surface area (Å²) in [6.45, 7) is 16.6. The summed E-state index contributed by atoms with van der Waals surface area (Å²) in [5, 5.41) is 0. The second-order valence-electron chi connectivity index (χ2n) is 9.15. The Morgan fingerprint density at radius 2 is 1.21 bits per heavy atom. The normalized spacial score (nSPS) is 18.0. The lowest BCUT2D eigenvalue weighted by molar-refractivity contribution is 0.262. The van der Waals surface area contributed by atoms with Crippen LogP contribution in [0.5, 0.6) is 0 Å². The Hall–Kier alpha value is -0.600. The molecule has 1 aliphatic rings. The van der Waals surface area contributed by atoms with Crippen molar-refractivity contribution in [2.75, 3.05) is 41.3 Å². The number of hydrogen-bond acceptors (Lipinski definition) is 2. The first kappa shape index (κ1) is 21.4. The first-order valence-electron chi connectivity index (χ1n) is 9.79. The first-order valence-corrected chi connectivity index (χ1v) is 9.79. The molecule has 0 heterocycles. The van der Waals surface area contributed by atoms with E-state index in [0.717, 1.165) is 13.1 Å². The fourth-order valence-corrected chi connectivity index (χ4v) is 4.27. The molecule has 0 amide bonds. The van der Waals surface area contributed by atoms with Gasteiger partial charge in [0.2, 0.25) is 0 Å². The maximum absolute atomic E-state index is 2.68. The average molecular weight is 335 g/mol. The van der Waals surface area contributed by atoms with Gasteiger partial charge >= 0.3 is 0 Å². The molecule has 0 fully saturated rings. The van der Waals surface area contributed by atoms with Gasteiger partial charge in [-0.05, 0) is 83.0 Å². The molecule has 0 aliphatic heterocycles. The fourth-order valence-electron chi connectivity index (χ4n) is 4.27. The zero-order valence-corrected chi connectivity index (χ0v) is 18.0. The summed E-state index contributed by atoms with van der Waals surface area (Å²) in [5.41, 5.74) is 5.25. The van der Waals surface area contributed by atoms with Gasteiger partial charge in [-0.2, -0.15) is 0 Å². The van der Waals surface area contributed by atoms with E-state index in [9.17, 15) is 0 Å². The molecule has 1 aliphatic carbocycles. The van der Waals surface area contributed by atoms with Crippen molar-refractivity contribution in [2.24, 2.45) is 23.2 Å². The van der Waals surface area contributed by atoms with Crippen LogP contribution < -0.4 is 0 Å². The van der Waals surface area contributed by atoms with Crippen LogP contribution in [-0.2, 0) is 0 Å². The fraction of sp³-hybridized carbons (Fsp3) is 0.818. The van der Waals surface area contributed by atoms with Crippen molar-refractivity contribution in [3.8, 4) is 0 Å². The molecule has 140 valence electrons. The van der Waals surface area contributed by atoms with Gasteiger partial charge in [-0.1, -0.05) is 53.2 Å². The SMILES string of the molecule is CC(C)C1=CC(CCN(C)C)(CCN(C)C)C(C(C)C)=C1C(C)C. The van der Waals surface area contributed by atoms with E-state index in [1.807, 2.05) is 0 Å². The average Bonchev–Trinajstić information content (AvgIpc) is 2.79. The predicted molar refractivity (Wildman–Crippen MR) is 108 cm³/mol. The van der Waals surface area contributed by atoms with E-state index in [-0.39, 0.29) is 5.41 Å².